The summed E-state index contributed by atoms with van der Waals surface area (Å²) in [5.41, 5.74) is 0.611. The smallest absolute Gasteiger partial charge is 0.339 e. The lowest BCUT2D eigenvalue weighted by molar-refractivity contribution is 0.0696. The zero-order valence-corrected chi connectivity index (χ0v) is 14.4. The largest absolute Gasteiger partial charge is 0.478 e. The first-order valence-corrected chi connectivity index (χ1v) is 8.49. The lowest BCUT2D eigenvalue weighted by atomic mass is 9.99. The molecule has 2 heterocycles. The fourth-order valence-electron chi connectivity index (χ4n) is 2.96. The average molecular weight is 357 g/mol. The number of benzene rings is 1. The Hall–Kier alpha value is -2.96. The van der Waals surface area contributed by atoms with Crippen molar-refractivity contribution in [3.05, 3.63) is 53.5 Å². The Balaban J connectivity index is 1.81. The molecule has 2 aromatic rings. The van der Waals surface area contributed by atoms with Gasteiger partial charge < -0.3 is 15.3 Å². The number of nitrogens with zero attached hydrogens (tertiary/aromatic N) is 2. The minimum atomic E-state index is -1.09. The molecule has 0 spiro atoms. The number of anilines is 2. The first-order chi connectivity index (χ1) is 12.4. The summed E-state index contributed by atoms with van der Waals surface area (Å²) in [6.45, 7) is 3.70. The summed E-state index contributed by atoms with van der Waals surface area (Å²) in [6, 6.07) is 6.51. The predicted molar refractivity (Wildman–Crippen MR) is 96.2 cm³/mol. The summed E-state index contributed by atoms with van der Waals surface area (Å²) in [6.07, 6.45) is 3.43. The predicted octanol–water partition coefficient (Wildman–Crippen LogP) is 3.41. The highest BCUT2D eigenvalue weighted by atomic mass is 19.1. The number of aromatic carboxylic acids is 1. The molecular formula is C19H20FN3O3. The Morgan fingerprint density at radius 1 is 1.23 bits per heavy atom. The van der Waals surface area contributed by atoms with Crippen LogP contribution in [0.3, 0.4) is 0 Å². The number of pyridine rings is 1. The molecule has 0 atom stereocenters. The molecule has 1 amide bonds. The molecular weight excluding hydrogens is 337 g/mol. The number of carboxylic acid groups (broad SMARTS) is 1. The van der Waals surface area contributed by atoms with Gasteiger partial charge in [-0.2, -0.15) is 0 Å². The third kappa shape index (κ3) is 3.99. The molecule has 0 bridgehead atoms. The minimum Gasteiger partial charge on any atom is -0.478 e. The summed E-state index contributed by atoms with van der Waals surface area (Å²) in [5, 5.41) is 12.1. The van der Waals surface area contributed by atoms with Crippen LogP contribution in [0.1, 0.15) is 40.5 Å². The van der Waals surface area contributed by atoms with Gasteiger partial charge in [-0.1, -0.05) is 6.92 Å². The molecule has 136 valence electrons. The average Bonchev–Trinajstić information content (AvgIpc) is 2.63. The van der Waals surface area contributed by atoms with Crippen molar-refractivity contribution < 1.29 is 19.1 Å². The second-order valence-corrected chi connectivity index (χ2v) is 6.53. The van der Waals surface area contributed by atoms with E-state index >= 15 is 0 Å². The van der Waals surface area contributed by atoms with E-state index in [9.17, 15) is 19.1 Å². The molecule has 7 heteroatoms. The number of halogens is 1. The van der Waals surface area contributed by atoms with Gasteiger partial charge in [0.2, 0.25) is 0 Å². The SMILES string of the molecule is CC1CCN(c2ncc(NC(=O)c3ccc(F)cc3)cc2C(=O)O)CC1. The summed E-state index contributed by atoms with van der Waals surface area (Å²) in [4.78, 5) is 30.1. The highest BCUT2D eigenvalue weighted by Crippen LogP contribution is 2.26. The molecule has 26 heavy (non-hydrogen) atoms. The van der Waals surface area contributed by atoms with Crippen molar-refractivity contribution >= 4 is 23.4 Å². The maximum absolute atomic E-state index is 13.0. The quantitative estimate of drug-likeness (QED) is 0.876. The van der Waals surface area contributed by atoms with Gasteiger partial charge in [0, 0.05) is 18.7 Å². The Bertz CT molecular complexity index is 815. The number of nitrogens with one attached hydrogen (secondary N) is 1. The van der Waals surface area contributed by atoms with Gasteiger partial charge in [0.05, 0.1) is 11.9 Å². The lowest BCUT2D eigenvalue weighted by Crippen LogP contribution is -2.34. The normalized spacial score (nSPS) is 14.9. The number of aromatic nitrogens is 1. The van der Waals surface area contributed by atoms with Crippen LogP contribution in [0, 0.1) is 11.7 Å². The van der Waals surface area contributed by atoms with E-state index in [2.05, 4.69) is 17.2 Å². The lowest BCUT2D eigenvalue weighted by Gasteiger charge is -2.32. The van der Waals surface area contributed by atoms with Gasteiger partial charge in [-0.25, -0.2) is 14.2 Å². The summed E-state index contributed by atoms with van der Waals surface area (Å²) < 4.78 is 13.0. The van der Waals surface area contributed by atoms with Crippen molar-refractivity contribution in [1.82, 2.24) is 4.98 Å². The van der Waals surface area contributed by atoms with Crippen LogP contribution in [0.15, 0.2) is 36.5 Å². The standard InChI is InChI=1S/C19H20FN3O3/c1-12-6-8-23(9-7-12)17-16(19(25)26)10-15(11-21-17)22-18(24)13-2-4-14(20)5-3-13/h2-5,10-12H,6-9H2,1H3,(H,22,24)(H,25,26). The van der Waals surface area contributed by atoms with Crippen LogP contribution in [0.4, 0.5) is 15.9 Å². The van der Waals surface area contributed by atoms with Gasteiger partial charge in [-0.3, -0.25) is 4.79 Å². The summed E-state index contributed by atoms with van der Waals surface area (Å²) in [7, 11) is 0. The molecule has 6 nitrogen and oxygen atoms in total. The van der Waals surface area contributed by atoms with E-state index in [4.69, 9.17) is 0 Å². The third-order valence-corrected chi connectivity index (χ3v) is 4.54. The molecule has 0 unspecified atom stereocenters. The molecule has 1 aliphatic heterocycles. The molecule has 3 rings (SSSR count). The maximum atomic E-state index is 13.0. The Morgan fingerprint density at radius 3 is 2.50 bits per heavy atom. The first-order valence-electron chi connectivity index (χ1n) is 8.49. The van der Waals surface area contributed by atoms with Gasteiger partial charge in [-0.05, 0) is 49.1 Å². The van der Waals surface area contributed by atoms with E-state index in [1.807, 2.05) is 4.90 Å². The van der Waals surface area contributed by atoms with Crippen LogP contribution in [0.2, 0.25) is 0 Å². The number of amides is 1. The molecule has 1 aromatic carbocycles. The number of carbonyl (C=O) groups is 2. The molecule has 1 aromatic heterocycles. The van der Waals surface area contributed by atoms with Crippen LogP contribution in [0.5, 0.6) is 0 Å². The van der Waals surface area contributed by atoms with E-state index < -0.39 is 17.7 Å². The zero-order valence-electron chi connectivity index (χ0n) is 14.4. The topological polar surface area (TPSA) is 82.5 Å². The second kappa shape index (κ2) is 7.51. The Kier molecular flexibility index (Phi) is 5.16. The molecule has 1 saturated heterocycles. The van der Waals surface area contributed by atoms with Gasteiger partial charge in [0.25, 0.3) is 5.91 Å². The van der Waals surface area contributed by atoms with E-state index in [0.29, 0.717) is 11.7 Å². The number of hydrogen-bond donors (Lipinski definition) is 2. The second-order valence-electron chi connectivity index (χ2n) is 6.53. The number of piperidine rings is 1. The van der Waals surface area contributed by atoms with Crippen molar-refractivity contribution in [2.24, 2.45) is 5.92 Å². The van der Waals surface area contributed by atoms with Gasteiger partial charge in [-0.15, -0.1) is 0 Å². The highest BCUT2D eigenvalue weighted by molar-refractivity contribution is 6.05. The van der Waals surface area contributed by atoms with Gasteiger partial charge >= 0.3 is 5.97 Å². The molecule has 0 saturated carbocycles. The maximum Gasteiger partial charge on any atom is 0.339 e. The molecule has 0 radical (unpaired) electrons. The van der Waals surface area contributed by atoms with Crippen LogP contribution in [-0.2, 0) is 0 Å². The first kappa shape index (κ1) is 17.8. The Labute approximate surface area is 150 Å². The van der Waals surface area contributed by atoms with Crippen LogP contribution in [-0.4, -0.2) is 35.1 Å². The van der Waals surface area contributed by atoms with Crippen molar-refractivity contribution in [2.75, 3.05) is 23.3 Å². The van der Waals surface area contributed by atoms with E-state index in [1.165, 1.54) is 36.5 Å². The molecule has 0 aliphatic carbocycles. The van der Waals surface area contributed by atoms with E-state index in [-0.39, 0.29) is 16.8 Å². The minimum absolute atomic E-state index is 0.0523. The fourth-order valence-corrected chi connectivity index (χ4v) is 2.96. The van der Waals surface area contributed by atoms with Crippen molar-refractivity contribution in [2.45, 2.75) is 19.8 Å². The monoisotopic (exact) mass is 357 g/mol. The van der Waals surface area contributed by atoms with Crippen molar-refractivity contribution in [3.63, 3.8) is 0 Å². The van der Waals surface area contributed by atoms with E-state index in [0.717, 1.165) is 25.9 Å². The Morgan fingerprint density at radius 2 is 1.88 bits per heavy atom. The third-order valence-electron chi connectivity index (χ3n) is 4.54. The van der Waals surface area contributed by atoms with E-state index in [1.54, 1.807) is 0 Å². The zero-order chi connectivity index (χ0) is 18.7. The molecule has 1 aliphatic rings. The van der Waals surface area contributed by atoms with Crippen molar-refractivity contribution in [3.8, 4) is 0 Å². The number of carbonyl (C=O) groups excluding carboxylic acids is 1. The van der Waals surface area contributed by atoms with Crippen LogP contribution >= 0.6 is 0 Å². The van der Waals surface area contributed by atoms with Crippen molar-refractivity contribution in [1.29, 1.82) is 0 Å². The number of rotatable bonds is 4. The number of hydrogen-bond acceptors (Lipinski definition) is 4. The highest BCUT2D eigenvalue weighted by Gasteiger charge is 2.23. The summed E-state index contributed by atoms with van der Waals surface area (Å²) in [5.74, 6) is -0.943. The van der Waals surface area contributed by atoms with Crippen LogP contribution in [0.25, 0.3) is 0 Å². The molecule has 2 N–H and O–H groups in total. The summed E-state index contributed by atoms with van der Waals surface area (Å²) >= 11 is 0. The van der Waals surface area contributed by atoms with Crippen LogP contribution < -0.4 is 10.2 Å². The van der Waals surface area contributed by atoms with Gasteiger partial charge in [0.1, 0.15) is 17.2 Å². The fraction of sp³-hybridized carbons (Fsp3) is 0.316. The number of carboxylic acids is 1. The molecule has 1 fully saturated rings. The van der Waals surface area contributed by atoms with Gasteiger partial charge in [0.15, 0.2) is 0 Å².